The van der Waals surface area contributed by atoms with Gasteiger partial charge in [0.15, 0.2) is 0 Å². The SMILES string of the molecule is CN(CCNS(C)(=O)=O)C(=O)[C@]1(C)CC1(Cl)Cl. The second-order valence-corrected chi connectivity index (χ2v) is 7.92. The van der Waals surface area contributed by atoms with Gasteiger partial charge in [-0.3, -0.25) is 4.79 Å². The molecule has 8 heteroatoms. The Morgan fingerprint density at radius 3 is 2.29 bits per heavy atom. The second kappa shape index (κ2) is 4.57. The van der Waals surface area contributed by atoms with Gasteiger partial charge < -0.3 is 4.90 Å². The van der Waals surface area contributed by atoms with E-state index < -0.39 is 19.8 Å². The number of carbonyl (C=O) groups is 1. The Morgan fingerprint density at radius 1 is 1.47 bits per heavy atom. The van der Waals surface area contributed by atoms with Crippen LogP contribution < -0.4 is 4.72 Å². The summed E-state index contributed by atoms with van der Waals surface area (Å²) in [6.07, 6.45) is 1.49. The lowest BCUT2D eigenvalue weighted by molar-refractivity contribution is -0.135. The lowest BCUT2D eigenvalue weighted by Gasteiger charge is -2.22. The predicted octanol–water partition coefficient (Wildman–Crippen LogP) is 0.578. The zero-order chi connectivity index (χ0) is 13.5. The molecule has 1 fully saturated rings. The van der Waals surface area contributed by atoms with Crippen molar-refractivity contribution in [2.45, 2.75) is 17.7 Å². The number of amides is 1. The topological polar surface area (TPSA) is 66.5 Å². The Morgan fingerprint density at radius 2 is 1.94 bits per heavy atom. The molecule has 1 saturated carbocycles. The maximum atomic E-state index is 12.0. The van der Waals surface area contributed by atoms with Crippen molar-refractivity contribution < 1.29 is 13.2 Å². The minimum atomic E-state index is -3.23. The van der Waals surface area contributed by atoms with Gasteiger partial charge in [0.2, 0.25) is 15.9 Å². The van der Waals surface area contributed by atoms with Crippen molar-refractivity contribution in [2.75, 3.05) is 26.4 Å². The van der Waals surface area contributed by atoms with Crippen molar-refractivity contribution in [3.8, 4) is 0 Å². The predicted molar refractivity (Wildman–Crippen MR) is 67.6 cm³/mol. The Bertz CT molecular complexity index is 424. The van der Waals surface area contributed by atoms with E-state index in [2.05, 4.69) is 4.72 Å². The highest BCUT2D eigenvalue weighted by atomic mass is 35.5. The van der Waals surface area contributed by atoms with Crippen molar-refractivity contribution in [3.63, 3.8) is 0 Å². The Hall–Kier alpha value is -0.0400. The third-order valence-electron chi connectivity index (χ3n) is 2.89. The molecule has 17 heavy (non-hydrogen) atoms. The molecular weight excluding hydrogens is 287 g/mol. The molecule has 1 N–H and O–H groups in total. The summed E-state index contributed by atoms with van der Waals surface area (Å²) in [5.41, 5.74) is -0.754. The monoisotopic (exact) mass is 302 g/mol. The zero-order valence-corrected chi connectivity index (χ0v) is 12.3. The van der Waals surface area contributed by atoms with Gasteiger partial charge in [0.1, 0.15) is 4.33 Å². The Kier molecular flexibility index (Phi) is 4.04. The fourth-order valence-corrected chi connectivity index (χ4v) is 2.71. The number of likely N-dealkylation sites (N-methyl/N-ethyl adjacent to an activating group) is 1. The van der Waals surface area contributed by atoms with Crippen LogP contribution in [0.25, 0.3) is 0 Å². The van der Waals surface area contributed by atoms with Crippen molar-refractivity contribution in [3.05, 3.63) is 0 Å². The van der Waals surface area contributed by atoms with Crippen LogP contribution in [0.5, 0.6) is 0 Å². The first kappa shape index (κ1) is 15.0. The second-order valence-electron chi connectivity index (χ2n) is 4.61. The van der Waals surface area contributed by atoms with Crippen molar-refractivity contribution in [1.82, 2.24) is 9.62 Å². The van der Waals surface area contributed by atoms with E-state index >= 15 is 0 Å². The normalized spacial score (nSPS) is 26.6. The van der Waals surface area contributed by atoms with Crippen LogP contribution in [0.1, 0.15) is 13.3 Å². The lowest BCUT2D eigenvalue weighted by Crippen LogP contribution is -2.40. The Labute approximate surface area is 111 Å². The molecule has 5 nitrogen and oxygen atoms in total. The van der Waals surface area contributed by atoms with Gasteiger partial charge in [-0.2, -0.15) is 0 Å². The largest absolute Gasteiger partial charge is 0.344 e. The van der Waals surface area contributed by atoms with E-state index in [1.165, 1.54) is 4.90 Å². The van der Waals surface area contributed by atoms with Crippen molar-refractivity contribution in [2.24, 2.45) is 5.41 Å². The van der Waals surface area contributed by atoms with Gasteiger partial charge >= 0.3 is 0 Å². The molecule has 100 valence electrons. The number of halogens is 2. The van der Waals surface area contributed by atoms with E-state index in [0.717, 1.165) is 6.26 Å². The molecule has 0 spiro atoms. The summed E-state index contributed by atoms with van der Waals surface area (Å²) in [7, 11) is -1.63. The highest BCUT2D eigenvalue weighted by Crippen LogP contribution is 2.64. The fraction of sp³-hybridized carbons (Fsp3) is 0.889. The molecule has 0 aromatic heterocycles. The molecule has 0 radical (unpaired) electrons. The van der Waals surface area contributed by atoms with E-state index in [-0.39, 0.29) is 19.0 Å². The van der Waals surface area contributed by atoms with E-state index in [1.54, 1.807) is 14.0 Å². The first-order valence-corrected chi connectivity index (χ1v) is 7.72. The number of nitrogens with zero attached hydrogens (tertiary/aromatic N) is 1. The van der Waals surface area contributed by atoms with Gasteiger partial charge in [-0.05, 0) is 13.3 Å². The number of alkyl halides is 2. The first-order chi connectivity index (χ1) is 7.50. The minimum absolute atomic E-state index is 0.169. The molecule has 0 saturated heterocycles. The summed E-state index contributed by atoms with van der Waals surface area (Å²) in [5, 5.41) is 0. The van der Waals surface area contributed by atoms with Crippen LogP contribution in [-0.4, -0.2) is 50.0 Å². The molecule has 1 rings (SSSR count). The van der Waals surface area contributed by atoms with E-state index in [4.69, 9.17) is 23.2 Å². The number of hydrogen-bond acceptors (Lipinski definition) is 3. The van der Waals surface area contributed by atoms with Crippen LogP contribution in [0, 0.1) is 5.41 Å². The number of rotatable bonds is 5. The average molecular weight is 303 g/mol. The molecule has 0 heterocycles. The average Bonchev–Trinajstić information content (AvgIpc) is 2.63. The molecule has 1 atom stereocenters. The number of sulfonamides is 1. The Balaban J connectivity index is 2.45. The van der Waals surface area contributed by atoms with Gasteiger partial charge in [0.25, 0.3) is 0 Å². The number of hydrogen-bond donors (Lipinski definition) is 1. The highest BCUT2D eigenvalue weighted by molar-refractivity contribution is 7.88. The van der Waals surface area contributed by atoms with Crippen LogP contribution in [0.4, 0.5) is 0 Å². The smallest absolute Gasteiger partial charge is 0.231 e. The molecule has 0 unspecified atom stereocenters. The van der Waals surface area contributed by atoms with Crippen LogP contribution in [0.15, 0.2) is 0 Å². The number of carbonyl (C=O) groups excluding carboxylic acids is 1. The van der Waals surface area contributed by atoms with Crippen molar-refractivity contribution in [1.29, 1.82) is 0 Å². The molecule has 0 aliphatic heterocycles. The standard InChI is InChI=1S/C9H16Cl2N2O3S/c1-8(6-9(8,10)11)7(14)13(2)5-4-12-17(3,15)16/h12H,4-6H2,1-3H3/t8-/m0/s1. The van der Waals surface area contributed by atoms with Crippen LogP contribution >= 0.6 is 23.2 Å². The zero-order valence-electron chi connectivity index (χ0n) is 9.96. The summed E-state index contributed by atoms with van der Waals surface area (Å²) in [6, 6.07) is 0. The van der Waals surface area contributed by atoms with E-state index in [0.29, 0.717) is 6.42 Å². The van der Waals surface area contributed by atoms with E-state index in [1.807, 2.05) is 0 Å². The summed E-state index contributed by atoms with van der Waals surface area (Å²) in [5.74, 6) is -0.169. The summed E-state index contributed by atoms with van der Waals surface area (Å²) in [4.78, 5) is 13.4. The summed E-state index contributed by atoms with van der Waals surface area (Å²) >= 11 is 11.8. The molecule has 1 aliphatic rings. The molecule has 0 aromatic rings. The maximum absolute atomic E-state index is 12.0. The van der Waals surface area contributed by atoms with Gasteiger partial charge in [0, 0.05) is 20.1 Å². The lowest BCUT2D eigenvalue weighted by atomic mass is 10.1. The summed E-state index contributed by atoms with van der Waals surface area (Å²) in [6.45, 7) is 2.16. The third-order valence-corrected chi connectivity index (χ3v) is 4.72. The van der Waals surface area contributed by atoms with Gasteiger partial charge in [-0.1, -0.05) is 0 Å². The van der Waals surface area contributed by atoms with Gasteiger partial charge in [-0.15, -0.1) is 23.2 Å². The molecule has 1 aliphatic carbocycles. The van der Waals surface area contributed by atoms with Crippen molar-refractivity contribution >= 4 is 39.1 Å². The molecule has 1 amide bonds. The van der Waals surface area contributed by atoms with Crippen LogP contribution in [0.3, 0.4) is 0 Å². The quantitative estimate of drug-likeness (QED) is 0.756. The molecular formula is C9H16Cl2N2O3S. The molecule has 0 aromatic carbocycles. The van der Waals surface area contributed by atoms with Crippen LogP contribution in [0.2, 0.25) is 0 Å². The van der Waals surface area contributed by atoms with Gasteiger partial charge in [0.05, 0.1) is 11.7 Å². The maximum Gasteiger partial charge on any atom is 0.231 e. The third kappa shape index (κ3) is 3.47. The first-order valence-electron chi connectivity index (χ1n) is 5.08. The molecule has 0 bridgehead atoms. The van der Waals surface area contributed by atoms with Crippen LogP contribution in [-0.2, 0) is 14.8 Å². The highest BCUT2D eigenvalue weighted by Gasteiger charge is 2.68. The summed E-state index contributed by atoms with van der Waals surface area (Å²) < 4.78 is 23.0. The number of nitrogens with one attached hydrogen (secondary N) is 1. The van der Waals surface area contributed by atoms with Gasteiger partial charge in [-0.25, -0.2) is 13.1 Å². The minimum Gasteiger partial charge on any atom is -0.344 e. The fourth-order valence-electron chi connectivity index (χ4n) is 1.55. The van der Waals surface area contributed by atoms with E-state index in [9.17, 15) is 13.2 Å².